The number of rotatable bonds is 8. The number of carbonyl (C=O) groups is 2. The zero-order chi connectivity index (χ0) is 23.0. The fourth-order valence-corrected chi connectivity index (χ4v) is 4.19. The number of amides is 2. The number of anilines is 1. The van der Waals surface area contributed by atoms with Gasteiger partial charge in [0, 0.05) is 24.6 Å². The molecule has 0 radical (unpaired) electrons. The van der Waals surface area contributed by atoms with Gasteiger partial charge in [0.05, 0.1) is 17.8 Å². The first kappa shape index (κ1) is 22.4. The molecule has 1 N–H and O–H groups in total. The summed E-state index contributed by atoms with van der Waals surface area (Å²) in [5, 5.41) is 4.83. The summed E-state index contributed by atoms with van der Waals surface area (Å²) in [6.07, 6.45) is 3.72. The first-order valence-electron chi connectivity index (χ1n) is 10.7. The monoisotopic (exact) mass is 455 g/mol. The zero-order valence-corrected chi connectivity index (χ0v) is 19.2. The van der Waals surface area contributed by atoms with E-state index in [1.54, 1.807) is 17.3 Å². The summed E-state index contributed by atoms with van der Waals surface area (Å²) < 4.78 is 0. The molecule has 33 heavy (non-hydrogen) atoms. The molecule has 4 rings (SSSR count). The summed E-state index contributed by atoms with van der Waals surface area (Å²) in [7, 11) is 0. The van der Waals surface area contributed by atoms with Gasteiger partial charge in [-0.3, -0.25) is 14.6 Å². The summed E-state index contributed by atoms with van der Waals surface area (Å²) in [6.45, 7) is 2.98. The van der Waals surface area contributed by atoms with Crippen LogP contribution in [0.4, 0.5) is 5.69 Å². The lowest BCUT2D eigenvalue weighted by molar-refractivity contribution is -0.120. The number of hydrogen-bond donors (Lipinski definition) is 1. The Morgan fingerprint density at radius 2 is 1.76 bits per heavy atom. The van der Waals surface area contributed by atoms with E-state index in [1.165, 1.54) is 11.3 Å². The van der Waals surface area contributed by atoms with Crippen LogP contribution in [-0.4, -0.2) is 16.8 Å². The normalized spacial score (nSPS) is 10.6. The topological polar surface area (TPSA) is 62.3 Å². The minimum absolute atomic E-state index is 0.0322. The Kier molecular flexibility index (Phi) is 7.27. The molecule has 2 aromatic carbocycles. The SMILES string of the molecule is Cc1ccccc1CN(C(=O)c1cccs1)c1ccc(CC(=O)NCc2cccnc2)cc1. The molecule has 0 aliphatic rings. The van der Waals surface area contributed by atoms with Crippen LogP contribution in [0.2, 0.25) is 0 Å². The standard InChI is InChI=1S/C27H25N3O2S/c1-20-6-2-3-8-23(20)19-30(27(32)25-9-5-15-33-25)24-12-10-21(11-13-24)16-26(31)29-18-22-7-4-14-28-17-22/h2-15,17H,16,18-19H2,1H3,(H,29,31). The number of carbonyl (C=O) groups excluding carboxylic acids is 2. The number of pyridine rings is 1. The van der Waals surface area contributed by atoms with Gasteiger partial charge in [-0.2, -0.15) is 0 Å². The average Bonchev–Trinajstić information content (AvgIpc) is 3.38. The van der Waals surface area contributed by atoms with Crippen molar-refractivity contribution in [2.45, 2.75) is 26.4 Å². The van der Waals surface area contributed by atoms with E-state index >= 15 is 0 Å². The van der Waals surface area contributed by atoms with Crippen molar-refractivity contribution in [1.29, 1.82) is 0 Å². The van der Waals surface area contributed by atoms with Crippen molar-refractivity contribution in [2.24, 2.45) is 0 Å². The van der Waals surface area contributed by atoms with Crippen molar-refractivity contribution in [3.8, 4) is 0 Å². The van der Waals surface area contributed by atoms with E-state index in [-0.39, 0.29) is 18.2 Å². The lowest BCUT2D eigenvalue weighted by Crippen LogP contribution is -2.30. The first-order valence-corrected chi connectivity index (χ1v) is 11.6. The summed E-state index contributed by atoms with van der Waals surface area (Å²) in [4.78, 5) is 32.2. The first-order chi connectivity index (χ1) is 16.1. The van der Waals surface area contributed by atoms with Crippen LogP contribution in [0, 0.1) is 6.92 Å². The highest BCUT2D eigenvalue weighted by Crippen LogP contribution is 2.24. The van der Waals surface area contributed by atoms with E-state index < -0.39 is 0 Å². The molecule has 0 aliphatic heterocycles. The molecule has 2 amide bonds. The Morgan fingerprint density at radius 3 is 2.45 bits per heavy atom. The molecule has 0 saturated carbocycles. The van der Waals surface area contributed by atoms with Crippen molar-refractivity contribution >= 4 is 28.8 Å². The quantitative estimate of drug-likeness (QED) is 0.399. The number of nitrogens with one attached hydrogen (secondary N) is 1. The van der Waals surface area contributed by atoms with E-state index in [2.05, 4.69) is 23.3 Å². The molecule has 4 aromatic rings. The van der Waals surface area contributed by atoms with Gasteiger partial charge in [-0.1, -0.05) is 48.5 Å². The maximum atomic E-state index is 13.3. The molecule has 0 unspecified atom stereocenters. The van der Waals surface area contributed by atoms with Gasteiger partial charge >= 0.3 is 0 Å². The van der Waals surface area contributed by atoms with E-state index in [0.717, 1.165) is 27.9 Å². The van der Waals surface area contributed by atoms with Crippen LogP contribution in [0.1, 0.15) is 31.9 Å². The Balaban J connectivity index is 1.47. The van der Waals surface area contributed by atoms with Gasteiger partial charge in [0.15, 0.2) is 0 Å². The molecule has 2 aromatic heterocycles. The fourth-order valence-electron chi connectivity index (χ4n) is 3.52. The lowest BCUT2D eigenvalue weighted by Gasteiger charge is -2.23. The van der Waals surface area contributed by atoms with Crippen molar-refractivity contribution in [3.05, 3.63) is 118 Å². The minimum atomic E-state index is -0.0574. The second-order valence-electron chi connectivity index (χ2n) is 7.78. The lowest BCUT2D eigenvalue weighted by atomic mass is 10.1. The summed E-state index contributed by atoms with van der Waals surface area (Å²) in [5.41, 5.74) is 4.89. The molecule has 0 atom stereocenters. The molecule has 0 aliphatic carbocycles. The Morgan fingerprint density at radius 1 is 0.939 bits per heavy atom. The smallest absolute Gasteiger partial charge is 0.268 e. The Labute approximate surface area is 197 Å². The molecule has 5 nitrogen and oxygen atoms in total. The predicted molar refractivity (Wildman–Crippen MR) is 132 cm³/mol. The molecular weight excluding hydrogens is 430 g/mol. The Bertz CT molecular complexity index is 1210. The highest BCUT2D eigenvalue weighted by Gasteiger charge is 2.20. The zero-order valence-electron chi connectivity index (χ0n) is 18.4. The van der Waals surface area contributed by atoms with Gasteiger partial charge in [-0.05, 0) is 58.8 Å². The number of hydrogen-bond acceptors (Lipinski definition) is 4. The van der Waals surface area contributed by atoms with Crippen LogP contribution in [0.15, 0.2) is 90.6 Å². The van der Waals surface area contributed by atoms with Gasteiger partial charge in [-0.15, -0.1) is 11.3 Å². The van der Waals surface area contributed by atoms with Gasteiger partial charge in [0.2, 0.25) is 5.91 Å². The summed E-state index contributed by atoms with van der Waals surface area (Å²) in [6, 6.07) is 23.2. The summed E-state index contributed by atoms with van der Waals surface area (Å²) in [5.74, 6) is -0.0896. The number of aryl methyl sites for hydroxylation is 1. The second kappa shape index (κ2) is 10.7. The second-order valence-corrected chi connectivity index (χ2v) is 8.72. The van der Waals surface area contributed by atoms with Gasteiger partial charge in [-0.25, -0.2) is 0 Å². The van der Waals surface area contributed by atoms with Crippen LogP contribution in [0.25, 0.3) is 0 Å². The number of thiophene rings is 1. The third kappa shape index (κ3) is 5.93. The maximum absolute atomic E-state index is 13.3. The number of benzene rings is 2. The van der Waals surface area contributed by atoms with E-state index in [0.29, 0.717) is 18.0 Å². The molecule has 166 valence electrons. The van der Waals surface area contributed by atoms with E-state index in [9.17, 15) is 9.59 Å². The van der Waals surface area contributed by atoms with Crippen molar-refractivity contribution in [2.75, 3.05) is 4.90 Å². The third-order valence-electron chi connectivity index (χ3n) is 5.39. The highest BCUT2D eigenvalue weighted by atomic mass is 32.1. The van der Waals surface area contributed by atoms with Crippen LogP contribution < -0.4 is 10.2 Å². The van der Waals surface area contributed by atoms with Crippen LogP contribution >= 0.6 is 11.3 Å². The third-order valence-corrected chi connectivity index (χ3v) is 6.25. The van der Waals surface area contributed by atoms with E-state index in [1.807, 2.05) is 72.1 Å². The maximum Gasteiger partial charge on any atom is 0.268 e. The molecule has 0 bridgehead atoms. The van der Waals surface area contributed by atoms with Crippen molar-refractivity contribution in [1.82, 2.24) is 10.3 Å². The molecule has 2 heterocycles. The highest BCUT2D eigenvalue weighted by molar-refractivity contribution is 7.12. The van der Waals surface area contributed by atoms with Crippen molar-refractivity contribution in [3.63, 3.8) is 0 Å². The van der Waals surface area contributed by atoms with E-state index in [4.69, 9.17) is 0 Å². The number of nitrogens with zero attached hydrogens (tertiary/aromatic N) is 2. The van der Waals surface area contributed by atoms with Gasteiger partial charge < -0.3 is 10.2 Å². The molecule has 0 saturated heterocycles. The Hall–Kier alpha value is -3.77. The summed E-state index contributed by atoms with van der Waals surface area (Å²) >= 11 is 1.44. The fraction of sp³-hybridized carbons (Fsp3) is 0.148. The molecule has 6 heteroatoms. The predicted octanol–water partition coefficient (Wildman–Crippen LogP) is 5.16. The van der Waals surface area contributed by atoms with Crippen LogP contribution in [0.3, 0.4) is 0 Å². The molecule has 0 fully saturated rings. The van der Waals surface area contributed by atoms with Gasteiger partial charge in [0.25, 0.3) is 5.91 Å². The largest absolute Gasteiger partial charge is 0.352 e. The molecule has 0 spiro atoms. The van der Waals surface area contributed by atoms with Crippen LogP contribution in [-0.2, 0) is 24.3 Å². The average molecular weight is 456 g/mol. The number of aromatic nitrogens is 1. The molecular formula is C27H25N3O2S. The van der Waals surface area contributed by atoms with Crippen molar-refractivity contribution < 1.29 is 9.59 Å². The minimum Gasteiger partial charge on any atom is -0.352 e. The van der Waals surface area contributed by atoms with Gasteiger partial charge in [0.1, 0.15) is 0 Å². The van der Waals surface area contributed by atoms with Crippen LogP contribution in [0.5, 0.6) is 0 Å².